The summed E-state index contributed by atoms with van der Waals surface area (Å²) >= 11 is 0. The maximum atomic E-state index is 11.7. The Labute approximate surface area is 95.3 Å². The highest BCUT2D eigenvalue weighted by atomic mass is 16.2. The van der Waals surface area contributed by atoms with Crippen LogP contribution >= 0.6 is 0 Å². The van der Waals surface area contributed by atoms with E-state index in [1.165, 1.54) is 0 Å². The van der Waals surface area contributed by atoms with E-state index in [1.54, 1.807) is 0 Å². The van der Waals surface area contributed by atoms with E-state index in [0.29, 0.717) is 19.5 Å². The van der Waals surface area contributed by atoms with Gasteiger partial charge in [0.25, 0.3) is 0 Å². The Balaban J connectivity index is 1.98. The molecule has 0 spiro atoms. The standard InChI is InChI=1S/C13H14N2O/c14-9-12-6-7-15(13(16)8-12)10-11-4-2-1-3-5-11/h1-5,12H,6-8,10H2. The first-order chi connectivity index (χ1) is 7.79. The third-order valence-corrected chi connectivity index (χ3v) is 2.92. The molecule has 1 aliphatic heterocycles. The first-order valence-corrected chi connectivity index (χ1v) is 5.51. The highest BCUT2D eigenvalue weighted by Crippen LogP contribution is 2.19. The summed E-state index contributed by atoms with van der Waals surface area (Å²) < 4.78 is 0. The van der Waals surface area contributed by atoms with Gasteiger partial charge in [-0.3, -0.25) is 4.79 Å². The second kappa shape index (κ2) is 4.80. The first kappa shape index (κ1) is 10.7. The molecule has 1 aromatic rings. The normalized spacial score (nSPS) is 20.6. The van der Waals surface area contributed by atoms with Crippen molar-refractivity contribution in [3.8, 4) is 6.07 Å². The predicted octanol–water partition coefficient (Wildman–Crippen LogP) is 1.95. The molecule has 3 nitrogen and oxygen atoms in total. The van der Waals surface area contributed by atoms with Crippen LogP contribution in [0.3, 0.4) is 0 Å². The number of amides is 1. The minimum atomic E-state index is -0.0838. The number of nitriles is 1. The van der Waals surface area contributed by atoms with Gasteiger partial charge >= 0.3 is 0 Å². The van der Waals surface area contributed by atoms with Gasteiger partial charge in [0.05, 0.1) is 12.0 Å². The van der Waals surface area contributed by atoms with Crippen molar-refractivity contribution in [3.05, 3.63) is 35.9 Å². The van der Waals surface area contributed by atoms with E-state index in [2.05, 4.69) is 6.07 Å². The summed E-state index contributed by atoms with van der Waals surface area (Å²) in [5.74, 6) is 0.0150. The lowest BCUT2D eigenvalue weighted by Crippen LogP contribution is -2.37. The molecule has 0 aromatic heterocycles. The van der Waals surface area contributed by atoms with E-state index in [0.717, 1.165) is 12.0 Å². The molecule has 1 saturated heterocycles. The summed E-state index contributed by atoms with van der Waals surface area (Å²) in [5, 5.41) is 8.76. The fraction of sp³-hybridized carbons (Fsp3) is 0.385. The third-order valence-electron chi connectivity index (χ3n) is 2.92. The van der Waals surface area contributed by atoms with Crippen LogP contribution in [0.2, 0.25) is 0 Å². The molecule has 82 valence electrons. The smallest absolute Gasteiger partial charge is 0.224 e. The van der Waals surface area contributed by atoms with E-state index in [-0.39, 0.29) is 11.8 Å². The number of likely N-dealkylation sites (tertiary alicyclic amines) is 1. The zero-order valence-electron chi connectivity index (χ0n) is 9.10. The van der Waals surface area contributed by atoms with Gasteiger partial charge in [0.2, 0.25) is 5.91 Å². The van der Waals surface area contributed by atoms with Gasteiger partial charge in [-0.2, -0.15) is 5.26 Å². The predicted molar refractivity (Wildman–Crippen MR) is 60.2 cm³/mol. The van der Waals surface area contributed by atoms with Crippen LogP contribution < -0.4 is 0 Å². The third kappa shape index (κ3) is 2.40. The number of hydrogen-bond acceptors (Lipinski definition) is 2. The SMILES string of the molecule is N#CC1CCN(Cc2ccccc2)C(=O)C1. The van der Waals surface area contributed by atoms with Crippen LogP contribution in [0.15, 0.2) is 30.3 Å². The Bertz CT molecular complexity index is 408. The molecule has 0 bridgehead atoms. The van der Waals surface area contributed by atoms with Crippen molar-refractivity contribution in [2.75, 3.05) is 6.54 Å². The molecule has 0 radical (unpaired) electrons. The topological polar surface area (TPSA) is 44.1 Å². The first-order valence-electron chi connectivity index (χ1n) is 5.51. The zero-order chi connectivity index (χ0) is 11.4. The fourth-order valence-electron chi connectivity index (χ4n) is 1.96. The summed E-state index contributed by atoms with van der Waals surface area (Å²) in [7, 11) is 0. The number of rotatable bonds is 2. The van der Waals surface area contributed by atoms with Crippen LogP contribution in [0.25, 0.3) is 0 Å². The van der Waals surface area contributed by atoms with Crippen molar-refractivity contribution in [1.29, 1.82) is 5.26 Å². The lowest BCUT2D eigenvalue weighted by atomic mass is 9.97. The molecule has 1 fully saturated rings. The van der Waals surface area contributed by atoms with Gasteiger partial charge in [-0.1, -0.05) is 30.3 Å². The molecule has 1 aliphatic rings. The van der Waals surface area contributed by atoms with Crippen LogP contribution in [-0.4, -0.2) is 17.4 Å². The van der Waals surface area contributed by atoms with Gasteiger partial charge in [0, 0.05) is 19.5 Å². The molecular formula is C13H14N2O. The summed E-state index contributed by atoms with van der Waals surface area (Å²) in [5.41, 5.74) is 1.14. The molecule has 0 aliphatic carbocycles. The van der Waals surface area contributed by atoms with Gasteiger partial charge < -0.3 is 4.90 Å². The molecule has 1 aromatic carbocycles. The number of hydrogen-bond donors (Lipinski definition) is 0. The Hall–Kier alpha value is -1.82. The lowest BCUT2D eigenvalue weighted by Gasteiger charge is -2.29. The van der Waals surface area contributed by atoms with Crippen molar-refractivity contribution in [2.45, 2.75) is 19.4 Å². The average Bonchev–Trinajstić information content (AvgIpc) is 2.33. The van der Waals surface area contributed by atoms with Crippen molar-refractivity contribution in [3.63, 3.8) is 0 Å². The minimum Gasteiger partial charge on any atom is -0.338 e. The van der Waals surface area contributed by atoms with Gasteiger partial charge in [-0.05, 0) is 12.0 Å². The van der Waals surface area contributed by atoms with Crippen molar-refractivity contribution in [2.24, 2.45) is 5.92 Å². The van der Waals surface area contributed by atoms with Crippen molar-refractivity contribution < 1.29 is 4.79 Å². The Morgan fingerprint density at radius 1 is 1.38 bits per heavy atom. The molecule has 16 heavy (non-hydrogen) atoms. The van der Waals surface area contributed by atoms with E-state index in [4.69, 9.17) is 5.26 Å². The summed E-state index contributed by atoms with van der Waals surface area (Å²) in [6.07, 6.45) is 1.18. The monoisotopic (exact) mass is 214 g/mol. The highest BCUT2D eigenvalue weighted by Gasteiger charge is 2.25. The summed E-state index contributed by atoms with van der Waals surface area (Å²) in [4.78, 5) is 13.6. The van der Waals surface area contributed by atoms with E-state index in [1.807, 2.05) is 35.2 Å². The van der Waals surface area contributed by atoms with Crippen LogP contribution in [0, 0.1) is 17.2 Å². The molecule has 1 amide bonds. The van der Waals surface area contributed by atoms with Gasteiger partial charge in [0.15, 0.2) is 0 Å². The molecular weight excluding hydrogens is 200 g/mol. The molecule has 0 N–H and O–H groups in total. The van der Waals surface area contributed by atoms with E-state index in [9.17, 15) is 4.79 Å². The number of carbonyl (C=O) groups excluding carboxylic acids is 1. The van der Waals surface area contributed by atoms with E-state index < -0.39 is 0 Å². The van der Waals surface area contributed by atoms with Gasteiger partial charge in [0.1, 0.15) is 0 Å². The second-order valence-corrected chi connectivity index (χ2v) is 4.12. The van der Waals surface area contributed by atoms with Crippen LogP contribution in [0.5, 0.6) is 0 Å². The molecule has 1 heterocycles. The quantitative estimate of drug-likeness (QED) is 0.755. The number of benzene rings is 1. The maximum Gasteiger partial charge on any atom is 0.224 e. The van der Waals surface area contributed by atoms with Gasteiger partial charge in [-0.25, -0.2) is 0 Å². The lowest BCUT2D eigenvalue weighted by molar-refractivity contribution is -0.134. The van der Waals surface area contributed by atoms with Crippen LogP contribution in [0.1, 0.15) is 18.4 Å². The molecule has 1 unspecified atom stereocenters. The van der Waals surface area contributed by atoms with Gasteiger partial charge in [-0.15, -0.1) is 0 Å². The van der Waals surface area contributed by atoms with Crippen LogP contribution in [-0.2, 0) is 11.3 Å². The minimum absolute atomic E-state index is 0.0838. The Morgan fingerprint density at radius 3 is 2.75 bits per heavy atom. The second-order valence-electron chi connectivity index (χ2n) is 4.12. The Morgan fingerprint density at radius 2 is 2.12 bits per heavy atom. The molecule has 3 heteroatoms. The number of carbonyl (C=O) groups is 1. The number of piperidine rings is 1. The maximum absolute atomic E-state index is 11.7. The summed E-state index contributed by atoms with van der Waals surface area (Å²) in [6.45, 7) is 1.36. The van der Waals surface area contributed by atoms with Crippen molar-refractivity contribution >= 4 is 5.91 Å². The van der Waals surface area contributed by atoms with Crippen molar-refractivity contribution in [1.82, 2.24) is 4.90 Å². The average molecular weight is 214 g/mol. The molecule has 2 rings (SSSR count). The molecule has 1 atom stereocenters. The zero-order valence-corrected chi connectivity index (χ0v) is 9.10. The Kier molecular flexibility index (Phi) is 3.21. The summed E-state index contributed by atoms with van der Waals surface area (Å²) in [6, 6.07) is 12.1. The largest absolute Gasteiger partial charge is 0.338 e. The highest BCUT2D eigenvalue weighted by molar-refractivity contribution is 5.77. The fourth-order valence-corrected chi connectivity index (χ4v) is 1.96. The van der Waals surface area contributed by atoms with Crippen LogP contribution in [0.4, 0.5) is 0 Å². The molecule has 0 saturated carbocycles. The number of nitrogens with zero attached hydrogens (tertiary/aromatic N) is 2. The van der Waals surface area contributed by atoms with E-state index >= 15 is 0 Å².